The molecule has 0 radical (unpaired) electrons. The molecule has 0 saturated carbocycles. The lowest BCUT2D eigenvalue weighted by atomic mass is 10.0. The third-order valence-corrected chi connectivity index (χ3v) is 6.05. The first-order valence-corrected chi connectivity index (χ1v) is 10.2. The highest BCUT2D eigenvalue weighted by atomic mass is 32.1. The molecule has 1 aromatic heterocycles. The van der Waals surface area contributed by atoms with Gasteiger partial charge in [-0.1, -0.05) is 30.3 Å². The van der Waals surface area contributed by atoms with Gasteiger partial charge in [0.1, 0.15) is 5.82 Å². The number of anilines is 1. The van der Waals surface area contributed by atoms with Gasteiger partial charge in [0.25, 0.3) is 0 Å². The van der Waals surface area contributed by atoms with E-state index in [2.05, 4.69) is 38.4 Å². The highest BCUT2D eigenvalue weighted by Gasteiger charge is 2.20. The van der Waals surface area contributed by atoms with E-state index in [9.17, 15) is 4.79 Å². The summed E-state index contributed by atoms with van der Waals surface area (Å²) < 4.78 is 5.93. The van der Waals surface area contributed by atoms with E-state index in [1.807, 2.05) is 24.3 Å². The second-order valence-electron chi connectivity index (χ2n) is 6.96. The molecule has 0 spiro atoms. The maximum Gasteiger partial charge on any atom is 0.248 e. The summed E-state index contributed by atoms with van der Waals surface area (Å²) in [6.07, 6.45) is 1.92. The third kappa shape index (κ3) is 3.96. The monoisotopic (exact) mass is 380 g/mol. The minimum absolute atomic E-state index is 0.338. The molecule has 1 aliphatic heterocycles. The predicted molar refractivity (Wildman–Crippen MR) is 112 cm³/mol. The van der Waals surface area contributed by atoms with E-state index in [0.29, 0.717) is 5.56 Å². The van der Waals surface area contributed by atoms with Gasteiger partial charge >= 0.3 is 0 Å². The van der Waals surface area contributed by atoms with Crippen LogP contribution in [0.5, 0.6) is 0 Å². The van der Waals surface area contributed by atoms with Crippen molar-refractivity contribution in [3.8, 4) is 0 Å². The molecule has 0 atom stereocenters. The molecule has 0 unspecified atom stereocenters. The van der Waals surface area contributed by atoms with E-state index in [-0.39, 0.29) is 5.91 Å². The lowest BCUT2D eigenvalue weighted by Gasteiger charge is -2.35. The summed E-state index contributed by atoms with van der Waals surface area (Å²) in [4.78, 5) is 16.4. The van der Waals surface area contributed by atoms with E-state index in [4.69, 9.17) is 5.73 Å². The second-order valence-corrected chi connectivity index (χ2v) is 7.76. The number of hydrogen-bond donors (Lipinski definition) is 1. The van der Waals surface area contributed by atoms with Crippen LogP contribution in [0.25, 0.3) is 10.1 Å². The van der Waals surface area contributed by atoms with Crippen molar-refractivity contribution >= 4 is 33.3 Å². The summed E-state index contributed by atoms with van der Waals surface area (Å²) in [5, 5.41) is 1.26. The van der Waals surface area contributed by atoms with Crippen molar-refractivity contribution in [3.63, 3.8) is 0 Å². The summed E-state index contributed by atoms with van der Waals surface area (Å²) in [5.74, 6) is 0.792. The van der Waals surface area contributed by atoms with Crippen molar-refractivity contribution in [1.29, 1.82) is 0 Å². The zero-order valence-corrected chi connectivity index (χ0v) is 16.1. The van der Waals surface area contributed by atoms with E-state index < -0.39 is 0 Å². The van der Waals surface area contributed by atoms with Crippen molar-refractivity contribution in [2.24, 2.45) is 5.73 Å². The van der Waals surface area contributed by atoms with Crippen LogP contribution >= 0.6 is 11.5 Å². The topological polar surface area (TPSA) is 62.5 Å². The Morgan fingerprint density at radius 2 is 1.78 bits per heavy atom. The summed E-state index contributed by atoms with van der Waals surface area (Å²) in [5.41, 5.74) is 7.17. The first-order chi connectivity index (χ1) is 13.2. The Morgan fingerprint density at radius 3 is 2.59 bits per heavy atom. The van der Waals surface area contributed by atoms with Crippen molar-refractivity contribution in [1.82, 2.24) is 9.27 Å². The van der Waals surface area contributed by atoms with Crippen molar-refractivity contribution in [2.75, 3.05) is 37.6 Å². The van der Waals surface area contributed by atoms with Crippen molar-refractivity contribution < 1.29 is 4.79 Å². The minimum Gasteiger partial charge on any atom is -0.366 e. The fourth-order valence-corrected chi connectivity index (χ4v) is 4.55. The van der Waals surface area contributed by atoms with Crippen molar-refractivity contribution in [3.05, 3.63) is 59.7 Å². The normalized spacial score (nSPS) is 15.3. The Labute approximate surface area is 163 Å². The van der Waals surface area contributed by atoms with Crippen LogP contribution in [0.2, 0.25) is 0 Å². The number of nitrogens with two attached hydrogens (primary N) is 1. The number of piperazine rings is 1. The zero-order chi connectivity index (χ0) is 18.6. The van der Waals surface area contributed by atoms with Crippen LogP contribution in [0.15, 0.2) is 48.5 Å². The molecular weight excluding hydrogens is 356 g/mol. The number of carbonyl (C=O) groups excluding carboxylic acids is 1. The largest absolute Gasteiger partial charge is 0.366 e. The number of aromatic nitrogens is 1. The van der Waals surface area contributed by atoms with Gasteiger partial charge in [-0.3, -0.25) is 9.69 Å². The molecule has 2 aromatic carbocycles. The Kier molecular flexibility index (Phi) is 5.36. The molecule has 1 saturated heterocycles. The molecule has 6 heteroatoms. The number of fused-ring (bicyclic) bond motifs is 1. The lowest BCUT2D eigenvalue weighted by molar-refractivity contribution is 0.0999. The molecule has 5 nitrogen and oxygen atoms in total. The Morgan fingerprint density at radius 1 is 1.04 bits per heavy atom. The number of primary amides is 1. The van der Waals surface area contributed by atoms with Crippen LogP contribution in [0.1, 0.15) is 22.3 Å². The van der Waals surface area contributed by atoms with Crippen LogP contribution in [0.4, 0.5) is 5.82 Å². The van der Waals surface area contributed by atoms with Gasteiger partial charge in [0.15, 0.2) is 0 Å². The van der Waals surface area contributed by atoms with Gasteiger partial charge in [-0.2, -0.15) is 4.37 Å². The molecule has 2 N–H and O–H groups in total. The average molecular weight is 381 g/mol. The van der Waals surface area contributed by atoms with Crippen LogP contribution in [0.3, 0.4) is 0 Å². The van der Waals surface area contributed by atoms with Crippen LogP contribution < -0.4 is 10.6 Å². The molecule has 2 heterocycles. The summed E-state index contributed by atoms with van der Waals surface area (Å²) in [6.45, 7) is 5.14. The average Bonchev–Trinajstić information content (AvgIpc) is 3.13. The Hall–Kier alpha value is -2.44. The first kappa shape index (κ1) is 17.9. The highest BCUT2D eigenvalue weighted by molar-refractivity contribution is 7.13. The number of rotatable bonds is 6. The molecule has 27 heavy (non-hydrogen) atoms. The quantitative estimate of drug-likeness (QED) is 0.714. The van der Waals surface area contributed by atoms with E-state index in [1.165, 1.54) is 10.1 Å². The van der Waals surface area contributed by atoms with Crippen LogP contribution in [0, 0.1) is 0 Å². The summed E-state index contributed by atoms with van der Waals surface area (Å²) >= 11 is 1.58. The van der Waals surface area contributed by atoms with Crippen molar-refractivity contribution in [2.45, 2.75) is 12.8 Å². The Balaban J connectivity index is 1.30. The maximum absolute atomic E-state index is 11.5. The number of nitrogens with zero attached hydrogens (tertiary/aromatic N) is 3. The van der Waals surface area contributed by atoms with Gasteiger partial charge in [-0.15, -0.1) is 0 Å². The van der Waals surface area contributed by atoms with Gasteiger partial charge in [0, 0.05) is 37.1 Å². The molecule has 0 aliphatic carbocycles. The van der Waals surface area contributed by atoms with E-state index >= 15 is 0 Å². The van der Waals surface area contributed by atoms with Crippen LogP contribution in [-0.4, -0.2) is 47.9 Å². The van der Waals surface area contributed by atoms with Gasteiger partial charge in [-0.05, 0) is 54.7 Å². The second kappa shape index (κ2) is 8.06. The fraction of sp³-hybridized carbons (Fsp3) is 0.333. The number of benzene rings is 2. The molecule has 1 aliphatic rings. The van der Waals surface area contributed by atoms with Gasteiger partial charge in [0.05, 0.1) is 4.70 Å². The summed E-state index contributed by atoms with van der Waals surface area (Å²) in [7, 11) is 0. The smallest absolute Gasteiger partial charge is 0.248 e. The Bertz CT molecular complexity index is 931. The molecular formula is C21H24N4OS. The third-order valence-electron chi connectivity index (χ3n) is 5.23. The minimum atomic E-state index is -0.338. The lowest BCUT2D eigenvalue weighted by Crippen LogP contribution is -2.46. The van der Waals surface area contributed by atoms with Crippen LogP contribution in [-0.2, 0) is 6.42 Å². The zero-order valence-electron chi connectivity index (χ0n) is 15.3. The molecule has 140 valence electrons. The fourth-order valence-electron chi connectivity index (χ4n) is 3.76. The molecule has 4 rings (SSSR count). The number of aryl methyl sites for hydroxylation is 1. The standard InChI is InChI=1S/C21H24N4OS/c22-20(26)17-8-2-1-6-16(17)7-5-11-24-12-14-25(15-13-24)21-18-9-3-4-10-19(18)27-23-21/h1-4,6,8-10H,5,7,11-15H2,(H2,22,26). The highest BCUT2D eigenvalue weighted by Crippen LogP contribution is 2.29. The SMILES string of the molecule is NC(=O)c1ccccc1CCCN1CCN(c2nsc3ccccc23)CC1. The van der Waals surface area contributed by atoms with Gasteiger partial charge in [0.2, 0.25) is 5.91 Å². The maximum atomic E-state index is 11.5. The molecule has 0 bridgehead atoms. The number of carbonyl (C=O) groups is 1. The number of hydrogen-bond acceptors (Lipinski definition) is 5. The molecule has 1 fully saturated rings. The number of amides is 1. The van der Waals surface area contributed by atoms with Gasteiger partial charge < -0.3 is 10.6 Å². The van der Waals surface area contributed by atoms with E-state index in [0.717, 1.165) is 56.9 Å². The van der Waals surface area contributed by atoms with E-state index in [1.54, 1.807) is 11.5 Å². The predicted octanol–water partition coefficient (Wildman–Crippen LogP) is 3.15. The first-order valence-electron chi connectivity index (χ1n) is 9.42. The molecule has 1 amide bonds. The van der Waals surface area contributed by atoms with Gasteiger partial charge in [-0.25, -0.2) is 0 Å². The summed E-state index contributed by atoms with van der Waals surface area (Å²) in [6, 6.07) is 16.1. The molecule has 3 aromatic rings.